The monoisotopic (exact) mass is 271 g/mol. The molecule has 1 aromatic rings. The van der Waals surface area contributed by atoms with Gasteiger partial charge >= 0.3 is 51.4 Å². The van der Waals surface area contributed by atoms with E-state index < -0.39 is 0 Å². The summed E-state index contributed by atoms with van der Waals surface area (Å²) in [6.45, 7) is 4.50. The van der Waals surface area contributed by atoms with E-state index in [2.05, 4.69) is 24.9 Å². The van der Waals surface area contributed by atoms with Crippen molar-refractivity contribution in [3.63, 3.8) is 0 Å². The van der Waals surface area contributed by atoms with Gasteiger partial charge in [0.05, 0.1) is 0 Å². The van der Waals surface area contributed by atoms with Gasteiger partial charge in [-0.05, 0) is 38.4 Å². The summed E-state index contributed by atoms with van der Waals surface area (Å²) in [4.78, 5) is 2.41. The molecule has 3 heteroatoms. The molecule has 0 saturated carbocycles. The maximum absolute atomic E-state index is 11.5. The Labute approximate surface area is 153 Å². The Bertz CT molecular complexity index is 383. The first-order valence-electron chi connectivity index (χ1n) is 6.62. The fourth-order valence-electron chi connectivity index (χ4n) is 3.07. The summed E-state index contributed by atoms with van der Waals surface area (Å²) in [6.07, 6.45) is 4.86. The van der Waals surface area contributed by atoms with E-state index in [4.69, 9.17) is 0 Å². The van der Waals surface area contributed by atoms with E-state index in [-0.39, 0.29) is 62.5 Å². The van der Waals surface area contributed by atoms with Crippen molar-refractivity contribution in [2.45, 2.75) is 38.0 Å². The Morgan fingerprint density at radius 1 is 1.33 bits per heavy atom. The summed E-state index contributed by atoms with van der Waals surface area (Å²) in [7, 11) is 2.19. The van der Waals surface area contributed by atoms with Gasteiger partial charge in [-0.3, -0.25) is 0 Å². The normalized spacial score (nSPS) is 25.2. The van der Waals surface area contributed by atoms with Gasteiger partial charge in [0.25, 0.3) is 0 Å². The number of hydrogen-bond donors (Lipinski definition) is 0. The average Bonchev–Trinajstić information content (AvgIpc) is 2.52. The first kappa shape index (κ1) is 16.7. The second-order valence-electron chi connectivity index (χ2n) is 5.36. The molecular formula is C15H22KNO. The molecule has 0 spiro atoms. The molecule has 1 fully saturated rings. The minimum atomic E-state index is 0. The number of rotatable bonds is 2. The van der Waals surface area contributed by atoms with Crippen LogP contribution in [0.25, 0.3) is 0 Å². The van der Waals surface area contributed by atoms with Crippen molar-refractivity contribution in [2.75, 3.05) is 20.1 Å². The summed E-state index contributed by atoms with van der Waals surface area (Å²) < 4.78 is 0. The van der Waals surface area contributed by atoms with E-state index in [1.807, 2.05) is 12.1 Å². The van der Waals surface area contributed by atoms with Crippen LogP contribution in [0, 0.1) is 0 Å². The van der Waals surface area contributed by atoms with E-state index in [0.29, 0.717) is 0 Å². The molecule has 1 saturated heterocycles. The number of likely N-dealkylation sites (N-methyl/N-ethyl adjacent to an activating group) is 1. The van der Waals surface area contributed by atoms with Crippen LogP contribution in [0.3, 0.4) is 0 Å². The molecule has 2 nitrogen and oxygen atoms in total. The van der Waals surface area contributed by atoms with Crippen molar-refractivity contribution < 1.29 is 56.5 Å². The van der Waals surface area contributed by atoms with E-state index in [1.54, 1.807) is 6.07 Å². The number of nitrogens with zero attached hydrogens (tertiary/aromatic N) is 1. The van der Waals surface area contributed by atoms with Gasteiger partial charge in [-0.15, -0.1) is 5.75 Å². The van der Waals surface area contributed by atoms with Gasteiger partial charge in [-0.25, -0.2) is 0 Å². The first-order chi connectivity index (χ1) is 8.16. The maximum Gasteiger partial charge on any atom is 1.00 e. The van der Waals surface area contributed by atoms with Crippen molar-refractivity contribution in [3.05, 3.63) is 29.8 Å². The zero-order chi connectivity index (χ0) is 12.3. The standard InChI is InChI=1S/C15H23NO.K/c1-3-15(9-4-5-10-16(2)12-15)13-7-6-8-14(17)11-13;/h6-8,11,17H,3-5,9-10,12H2,1-2H3;/q;+1/p-1. The van der Waals surface area contributed by atoms with Gasteiger partial charge in [0.15, 0.2) is 0 Å². The quantitative estimate of drug-likeness (QED) is 0.680. The first-order valence-corrected chi connectivity index (χ1v) is 6.62. The molecule has 0 aromatic heterocycles. The van der Waals surface area contributed by atoms with Crippen LogP contribution in [-0.2, 0) is 5.41 Å². The van der Waals surface area contributed by atoms with Crippen LogP contribution in [0.15, 0.2) is 24.3 Å². The molecule has 1 atom stereocenters. The van der Waals surface area contributed by atoms with Crippen molar-refractivity contribution in [1.29, 1.82) is 0 Å². The third kappa shape index (κ3) is 3.81. The predicted octanol–water partition coefficient (Wildman–Crippen LogP) is -0.472. The molecular weight excluding hydrogens is 249 g/mol. The molecule has 2 rings (SSSR count). The largest absolute Gasteiger partial charge is 1.00 e. The summed E-state index contributed by atoms with van der Waals surface area (Å²) >= 11 is 0. The summed E-state index contributed by atoms with van der Waals surface area (Å²) in [5.74, 6) is 0.141. The van der Waals surface area contributed by atoms with Crippen LogP contribution >= 0.6 is 0 Å². The van der Waals surface area contributed by atoms with Crippen LogP contribution in [0.5, 0.6) is 5.75 Å². The van der Waals surface area contributed by atoms with Crippen molar-refractivity contribution in [3.8, 4) is 5.75 Å². The van der Waals surface area contributed by atoms with Crippen LogP contribution in [0.1, 0.15) is 38.2 Å². The van der Waals surface area contributed by atoms with Crippen LogP contribution in [0.2, 0.25) is 0 Å². The SMILES string of the molecule is CCC1(c2cccc([O-])c2)CCCCN(C)C1.[K+]. The number of benzene rings is 1. The molecule has 0 bridgehead atoms. The topological polar surface area (TPSA) is 26.3 Å². The molecule has 1 aromatic carbocycles. The zero-order valence-corrected chi connectivity index (χ0v) is 15.0. The van der Waals surface area contributed by atoms with E-state index in [1.165, 1.54) is 31.4 Å². The second kappa shape index (κ2) is 7.41. The summed E-state index contributed by atoms with van der Waals surface area (Å²) in [5, 5.41) is 11.5. The van der Waals surface area contributed by atoms with Gasteiger partial charge in [-0.2, -0.15) is 0 Å². The van der Waals surface area contributed by atoms with Crippen molar-refractivity contribution >= 4 is 0 Å². The molecule has 18 heavy (non-hydrogen) atoms. The van der Waals surface area contributed by atoms with Gasteiger partial charge in [0, 0.05) is 12.0 Å². The fraction of sp³-hybridized carbons (Fsp3) is 0.600. The molecule has 1 aliphatic heterocycles. The van der Waals surface area contributed by atoms with Gasteiger partial charge < -0.3 is 10.0 Å². The van der Waals surface area contributed by atoms with E-state index in [9.17, 15) is 5.11 Å². The van der Waals surface area contributed by atoms with Crippen molar-refractivity contribution in [1.82, 2.24) is 4.90 Å². The smallest absolute Gasteiger partial charge is 0.872 e. The van der Waals surface area contributed by atoms with Gasteiger partial charge in [-0.1, -0.05) is 37.6 Å². The third-order valence-corrected chi connectivity index (χ3v) is 4.14. The maximum atomic E-state index is 11.5. The minimum Gasteiger partial charge on any atom is -0.872 e. The summed E-state index contributed by atoms with van der Waals surface area (Å²) in [6, 6.07) is 7.51. The molecule has 1 heterocycles. The minimum absolute atomic E-state index is 0. The summed E-state index contributed by atoms with van der Waals surface area (Å²) in [5.41, 5.74) is 1.42. The number of likely N-dealkylation sites (tertiary alicyclic amines) is 1. The Morgan fingerprint density at radius 2 is 2.11 bits per heavy atom. The molecule has 1 aliphatic rings. The predicted molar refractivity (Wildman–Crippen MR) is 69.2 cm³/mol. The fourth-order valence-corrected chi connectivity index (χ4v) is 3.07. The Morgan fingerprint density at radius 3 is 2.78 bits per heavy atom. The molecule has 0 N–H and O–H groups in total. The Balaban J connectivity index is 0.00000162. The van der Waals surface area contributed by atoms with Crippen LogP contribution in [-0.4, -0.2) is 25.0 Å². The molecule has 0 amide bonds. The van der Waals surface area contributed by atoms with Gasteiger partial charge in [0.1, 0.15) is 0 Å². The average molecular weight is 271 g/mol. The van der Waals surface area contributed by atoms with Crippen LogP contribution in [0.4, 0.5) is 0 Å². The third-order valence-electron chi connectivity index (χ3n) is 4.14. The molecule has 0 radical (unpaired) electrons. The number of hydrogen-bond acceptors (Lipinski definition) is 2. The van der Waals surface area contributed by atoms with Crippen LogP contribution < -0.4 is 56.5 Å². The van der Waals surface area contributed by atoms with E-state index in [0.717, 1.165) is 13.0 Å². The second-order valence-corrected chi connectivity index (χ2v) is 5.36. The Hall–Kier alpha value is 0.616. The van der Waals surface area contributed by atoms with Gasteiger partial charge in [0.2, 0.25) is 0 Å². The molecule has 0 aliphatic carbocycles. The molecule has 94 valence electrons. The Kier molecular flexibility index (Phi) is 6.86. The van der Waals surface area contributed by atoms with E-state index >= 15 is 0 Å². The zero-order valence-electron chi connectivity index (χ0n) is 11.9. The molecule has 1 unspecified atom stereocenters. The van der Waals surface area contributed by atoms with Crippen molar-refractivity contribution in [2.24, 2.45) is 0 Å².